The molecule has 0 aliphatic heterocycles. The standard InChI is InChI=1S/C19H20N2O2/c1-14(2)11-12-23-17-9-7-15(8-10-17)19(22)21-18-6-4-3-5-16(18)13-20/h3-10,14H,11-12H2,1-2H3,(H,21,22). The Kier molecular flexibility index (Phi) is 5.76. The van der Waals surface area contributed by atoms with Crippen molar-refractivity contribution in [3.63, 3.8) is 0 Å². The van der Waals surface area contributed by atoms with Crippen molar-refractivity contribution in [3.05, 3.63) is 59.7 Å². The number of amides is 1. The molecule has 0 saturated heterocycles. The second-order valence-electron chi connectivity index (χ2n) is 5.67. The first-order valence-corrected chi connectivity index (χ1v) is 7.63. The van der Waals surface area contributed by atoms with Crippen LogP contribution in [0.25, 0.3) is 0 Å². The number of carbonyl (C=O) groups is 1. The van der Waals surface area contributed by atoms with Crippen LogP contribution >= 0.6 is 0 Å². The number of hydrogen-bond donors (Lipinski definition) is 1. The molecule has 0 unspecified atom stereocenters. The highest BCUT2D eigenvalue weighted by Crippen LogP contribution is 2.17. The third-order valence-corrected chi connectivity index (χ3v) is 3.38. The highest BCUT2D eigenvalue weighted by Gasteiger charge is 2.09. The summed E-state index contributed by atoms with van der Waals surface area (Å²) in [6.45, 7) is 4.96. The number of ether oxygens (including phenoxy) is 1. The number of rotatable bonds is 6. The predicted molar refractivity (Wildman–Crippen MR) is 90.5 cm³/mol. The van der Waals surface area contributed by atoms with Crippen LogP contribution in [-0.2, 0) is 0 Å². The van der Waals surface area contributed by atoms with Crippen LogP contribution < -0.4 is 10.1 Å². The van der Waals surface area contributed by atoms with Gasteiger partial charge in [-0.05, 0) is 48.7 Å². The Bertz CT molecular complexity index is 700. The van der Waals surface area contributed by atoms with Crippen molar-refractivity contribution in [3.8, 4) is 11.8 Å². The molecule has 4 heteroatoms. The number of hydrogen-bond acceptors (Lipinski definition) is 3. The minimum Gasteiger partial charge on any atom is -0.494 e. The van der Waals surface area contributed by atoms with Crippen LogP contribution in [0.4, 0.5) is 5.69 Å². The fourth-order valence-corrected chi connectivity index (χ4v) is 2.00. The zero-order valence-electron chi connectivity index (χ0n) is 13.4. The Labute approximate surface area is 136 Å². The first-order chi connectivity index (χ1) is 11.1. The summed E-state index contributed by atoms with van der Waals surface area (Å²) in [5.41, 5.74) is 1.47. The van der Waals surface area contributed by atoms with Crippen LogP contribution in [0, 0.1) is 17.2 Å². The largest absolute Gasteiger partial charge is 0.494 e. The van der Waals surface area contributed by atoms with Gasteiger partial charge in [-0.25, -0.2) is 0 Å². The summed E-state index contributed by atoms with van der Waals surface area (Å²) in [5.74, 6) is 1.10. The van der Waals surface area contributed by atoms with Crippen molar-refractivity contribution in [1.82, 2.24) is 0 Å². The number of para-hydroxylation sites is 1. The summed E-state index contributed by atoms with van der Waals surface area (Å²) in [5, 5.41) is 11.8. The van der Waals surface area contributed by atoms with Gasteiger partial charge < -0.3 is 10.1 Å². The number of nitrogens with one attached hydrogen (secondary N) is 1. The summed E-state index contributed by atoms with van der Waals surface area (Å²) in [6, 6.07) is 16.0. The molecule has 0 aromatic heterocycles. The minimum atomic E-state index is -0.249. The molecule has 0 radical (unpaired) electrons. The Morgan fingerprint density at radius 2 is 1.87 bits per heavy atom. The summed E-state index contributed by atoms with van der Waals surface area (Å²) in [4.78, 5) is 12.2. The Morgan fingerprint density at radius 1 is 1.17 bits per heavy atom. The van der Waals surface area contributed by atoms with Gasteiger partial charge in [-0.3, -0.25) is 4.79 Å². The van der Waals surface area contributed by atoms with E-state index in [1.807, 2.05) is 0 Å². The molecule has 118 valence electrons. The van der Waals surface area contributed by atoms with Gasteiger partial charge in [-0.2, -0.15) is 5.26 Å². The molecule has 1 N–H and O–H groups in total. The summed E-state index contributed by atoms with van der Waals surface area (Å²) >= 11 is 0. The van der Waals surface area contributed by atoms with E-state index in [0.717, 1.165) is 12.2 Å². The third-order valence-electron chi connectivity index (χ3n) is 3.38. The molecule has 2 aromatic rings. The molecular formula is C19H20N2O2. The first kappa shape index (κ1) is 16.6. The molecule has 0 fully saturated rings. The van der Waals surface area contributed by atoms with Gasteiger partial charge in [-0.1, -0.05) is 26.0 Å². The van der Waals surface area contributed by atoms with E-state index in [4.69, 9.17) is 10.00 Å². The number of nitriles is 1. The van der Waals surface area contributed by atoms with E-state index in [0.29, 0.717) is 29.3 Å². The second kappa shape index (κ2) is 8.00. The van der Waals surface area contributed by atoms with Crippen molar-refractivity contribution in [2.45, 2.75) is 20.3 Å². The van der Waals surface area contributed by atoms with Gasteiger partial charge in [0.05, 0.1) is 17.9 Å². The molecule has 4 nitrogen and oxygen atoms in total. The highest BCUT2D eigenvalue weighted by molar-refractivity contribution is 6.04. The van der Waals surface area contributed by atoms with E-state index in [-0.39, 0.29) is 5.91 Å². The quantitative estimate of drug-likeness (QED) is 0.868. The molecule has 0 heterocycles. The van der Waals surface area contributed by atoms with Crippen molar-refractivity contribution in [1.29, 1.82) is 5.26 Å². The second-order valence-corrected chi connectivity index (χ2v) is 5.67. The summed E-state index contributed by atoms with van der Waals surface area (Å²) < 4.78 is 5.63. The van der Waals surface area contributed by atoms with E-state index in [1.54, 1.807) is 48.5 Å². The number of nitrogens with zero attached hydrogens (tertiary/aromatic N) is 1. The lowest BCUT2D eigenvalue weighted by atomic mass is 10.1. The topological polar surface area (TPSA) is 62.1 Å². The van der Waals surface area contributed by atoms with Crippen molar-refractivity contribution >= 4 is 11.6 Å². The van der Waals surface area contributed by atoms with Gasteiger partial charge in [0.2, 0.25) is 0 Å². The van der Waals surface area contributed by atoms with Gasteiger partial charge in [-0.15, -0.1) is 0 Å². The molecule has 0 atom stereocenters. The van der Waals surface area contributed by atoms with Gasteiger partial charge in [0.1, 0.15) is 11.8 Å². The van der Waals surface area contributed by atoms with Gasteiger partial charge in [0.25, 0.3) is 5.91 Å². The monoisotopic (exact) mass is 308 g/mol. The number of anilines is 1. The summed E-state index contributed by atoms with van der Waals surface area (Å²) in [7, 11) is 0. The average Bonchev–Trinajstić information content (AvgIpc) is 2.55. The number of carbonyl (C=O) groups excluding carboxylic acids is 1. The first-order valence-electron chi connectivity index (χ1n) is 7.63. The van der Waals surface area contributed by atoms with Gasteiger partial charge in [0.15, 0.2) is 0 Å². The van der Waals surface area contributed by atoms with Gasteiger partial charge in [0, 0.05) is 5.56 Å². The fraction of sp³-hybridized carbons (Fsp3) is 0.263. The lowest BCUT2D eigenvalue weighted by molar-refractivity contribution is 0.102. The van der Waals surface area contributed by atoms with Crippen LogP contribution in [-0.4, -0.2) is 12.5 Å². The minimum absolute atomic E-state index is 0.249. The molecule has 0 aliphatic carbocycles. The fourth-order valence-electron chi connectivity index (χ4n) is 2.00. The zero-order valence-corrected chi connectivity index (χ0v) is 13.4. The normalized spacial score (nSPS) is 10.2. The van der Waals surface area contributed by atoms with Crippen LogP contribution in [0.15, 0.2) is 48.5 Å². The van der Waals surface area contributed by atoms with Crippen molar-refractivity contribution in [2.75, 3.05) is 11.9 Å². The van der Waals surface area contributed by atoms with Crippen LogP contribution in [0.2, 0.25) is 0 Å². The maximum absolute atomic E-state index is 12.2. The van der Waals surface area contributed by atoms with E-state index in [1.165, 1.54) is 0 Å². The molecule has 2 rings (SSSR count). The van der Waals surface area contributed by atoms with E-state index >= 15 is 0 Å². The number of benzene rings is 2. The predicted octanol–water partition coefficient (Wildman–Crippen LogP) is 4.24. The molecule has 0 aliphatic rings. The Balaban J connectivity index is 1.99. The lowest BCUT2D eigenvalue weighted by Crippen LogP contribution is -2.12. The van der Waals surface area contributed by atoms with Crippen molar-refractivity contribution in [2.24, 2.45) is 5.92 Å². The lowest BCUT2D eigenvalue weighted by Gasteiger charge is -2.09. The molecule has 0 saturated carbocycles. The molecule has 0 bridgehead atoms. The average molecular weight is 308 g/mol. The molecular weight excluding hydrogens is 288 g/mol. The maximum Gasteiger partial charge on any atom is 0.255 e. The van der Waals surface area contributed by atoms with E-state index in [9.17, 15) is 4.79 Å². The van der Waals surface area contributed by atoms with Gasteiger partial charge >= 0.3 is 0 Å². The molecule has 2 aromatic carbocycles. The smallest absolute Gasteiger partial charge is 0.255 e. The SMILES string of the molecule is CC(C)CCOc1ccc(C(=O)Nc2ccccc2C#N)cc1. The van der Waals surface area contributed by atoms with Crippen LogP contribution in [0.1, 0.15) is 36.2 Å². The third kappa shape index (κ3) is 4.86. The Morgan fingerprint density at radius 3 is 2.52 bits per heavy atom. The molecule has 23 heavy (non-hydrogen) atoms. The highest BCUT2D eigenvalue weighted by atomic mass is 16.5. The van der Waals surface area contributed by atoms with E-state index < -0.39 is 0 Å². The van der Waals surface area contributed by atoms with Crippen LogP contribution in [0.3, 0.4) is 0 Å². The molecule has 1 amide bonds. The molecule has 0 spiro atoms. The van der Waals surface area contributed by atoms with Crippen LogP contribution in [0.5, 0.6) is 5.75 Å². The van der Waals surface area contributed by atoms with E-state index in [2.05, 4.69) is 25.2 Å². The maximum atomic E-state index is 12.2. The zero-order chi connectivity index (χ0) is 16.7. The van der Waals surface area contributed by atoms with Crippen molar-refractivity contribution < 1.29 is 9.53 Å². The summed E-state index contributed by atoms with van der Waals surface area (Å²) in [6.07, 6.45) is 0.993. The Hall–Kier alpha value is -2.80.